The van der Waals surface area contributed by atoms with Gasteiger partial charge in [0, 0.05) is 19.5 Å². The molecule has 5 heteroatoms. The maximum absolute atomic E-state index is 12.5. The Labute approximate surface area is 145 Å². The van der Waals surface area contributed by atoms with Gasteiger partial charge >= 0.3 is 0 Å². The quantitative estimate of drug-likeness (QED) is 0.917. The molecule has 0 aromatic heterocycles. The maximum atomic E-state index is 12.5. The molecule has 2 aliphatic heterocycles. The van der Waals surface area contributed by atoms with E-state index in [9.17, 15) is 4.79 Å². The van der Waals surface area contributed by atoms with Crippen molar-refractivity contribution in [1.29, 1.82) is 0 Å². The summed E-state index contributed by atoms with van der Waals surface area (Å²) in [6, 6.07) is 7.97. The van der Waals surface area contributed by atoms with Gasteiger partial charge in [-0.3, -0.25) is 4.79 Å². The van der Waals surface area contributed by atoms with Gasteiger partial charge in [-0.2, -0.15) is 0 Å². The molecule has 4 nitrogen and oxygen atoms in total. The van der Waals surface area contributed by atoms with Crippen LogP contribution in [0, 0.1) is 11.8 Å². The van der Waals surface area contributed by atoms with Gasteiger partial charge in [-0.15, -0.1) is 12.4 Å². The average molecular weight is 339 g/mol. The fraction of sp³-hybridized carbons (Fsp3) is 0.611. The van der Waals surface area contributed by atoms with Crippen LogP contribution in [0.3, 0.4) is 0 Å². The Morgan fingerprint density at radius 3 is 2.52 bits per heavy atom. The predicted octanol–water partition coefficient (Wildman–Crippen LogP) is 2.51. The molecule has 0 bridgehead atoms. The number of methoxy groups -OCH3 is 1. The first-order valence-electron chi connectivity index (χ1n) is 8.38. The monoisotopic (exact) mass is 338 g/mol. The highest BCUT2D eigenvalue weighted by Crippen LogP contribution is 2.27. The highest BCUT2D eigenvalue weighted by molar-refractivity contribution is 5.85. The molecule has 1 aromatic carbocycles. The van der Waals surface area contributed by atoms with E-state index in [0.29, 0.717) is 12.3 Å². The van der Waals surface area contributed by atoms with Crippen molar-refractivity contribution in [2.45, 2.75) is 25.7 Å². The summed E-state index contributed by atoms with van der Waals surface area (Å²) in [7, 11) is 1.68. The molecule has 2 aliphatic rings. The van der Waals surface area contributed by atoms with Gasteiger partial charge in [-0.25, -0.2) is 0 Å². The largest absolute Gasteiger partial charge is 0.496 e. The third-order valence-corrected chi connectivity index (χ3v) is 5.17. The number of halogens is 1. The van der Waals surface area contributed by atoms with Crippen LogP contribution < -0.4 is 10.1 Å². The smallest absolute Gasteiger partial charge is 0.222 e. The number of fused-ring (bicyclic) bond motifs is 1. The zero-order valence-electron chi connectivity index (χ0n) is 13.8. The number of nitrogens with zero attached hydrogens (tertiary/aromatic N) is 1. The van der Waals surface area contributed by atoms with Crippen LogP contribution >= 0.6 is 12.4 Å². The van der Waals surface area contributed by atoms with Gasteiger partial charge in [0.15, 0.2) is 0 Å². The van der Waals surface area contributed by atoms with Gasteiger partial charge in [0.2, 0.25) is 5.91 Å². The standard InChI is InChI=1S/C18H26N2O2.ClH/c1-22-17-5-3-2-4-14(17)6-7-18(21)20-10-8-15-12-19-13-16(15)9-11-20;/h2-5,15-16,19H,6-13H2,1H3;1H/t15-,16+;. The number of aryl methyl sites for hydroxylation is 1. The second kappa shape index (κ2) is 8.55. The number of ether oxygens (including phenoxy) is 1. The number of benzene rings is 1. The van der Waals surface area contributed by atoms with Crippen LogP contribution in [0.25, 0.3) is 0 Å². The molecular formula is C18H27ClN2O2. The van der Waals surface area contributed by atoms with Crippen LogP contribution in [0.2, 0.25) is 0 Å². The Balaban J connectivity index is 0.00000192. The number of amides is 1. The fourth-order valence-corrected chi connectivity index (χ4v) is 3.78. The number of rotatable bonds is 4. The first kappa shape index (κ1) is 18.1. The molecule has 2 saturated heterocycles. The molecule has 1 N–H and O–H groups in total. The second-order valence-corrected chi connectivity index (χ2v) is 6.45. The number of nitrogens with one attached hydrogen (secondary N) is 1. The van der Waals surface area contributed by atoms with E-state index < -0.39 is 0 Å². The summed E-state index contributed by atoms with van der Waals surface area (Å²) in [6.45, 7) is 4.11. The molecule has 2 fully saturated rings. The van der Waals surface area contributed by atoms with Crippen LogP contribution in [0.4, 0.5) is 0 Å². The first-order valence-corrected chi connectivity index (χ1v) is 8.38. The van der Waals surface area contributed by atoms with Crippen molar-refractivity contribution in [3.8, 4) is 5.75 Å². The molecule has 1 amide bonds. The van der Waals surface area contributed by atoms with E-state index in [2.05, 4.69) is 10.2 Å². The molecule has 23 heavy (non-hydrogen) atoms. The summed E-state index contributed by atoms with van der Waals surface area (Å²) in [4.78, 5) is 14.6. The maximum Gasteiger partial charge on any atom is 0.222 e. The van der Waals surface area contributed by atoms with E-state index in [0.717, 1.165) is 68.6 Å². The minimum atomic E-state index is 0. The van der Waals surface area contributed by atoms with Gasteiger partial charge in [0.1, 0.15) is 5.75 Å². The van der Waals surface area contributed by atoms with Crippen LogP contribution in [0.1, 0.15) is 24.8 Å². The highest BCUT2D eigenvalue weighted by atomic mass is 35.5. The van der Waals surface area contributed by atoms with Crippen molar-refractivity contribution in [2.24, 2.45) is 11.8 Å². The number of hydrogen-bond donors (Lipinski definition) is 1. The van der Waals surface area contributed by atoms with Gasteiger partial charge < -0.3 is 15.0 Å². The van der Waals surface area contributed by atoms with Crippen molar-refractivity contribution in [3.05, 3.63) is 29.8 Å². The minimum absolute atomic E-state index is 0. The lowest BCUT2D eigenvalue weighted by molar-refractivity contribution is -0.131. The number of carbonyl (C=O) groups excluding carboxylic acids is 1. The van der Waals surface area contributed by atoms with Gasteiger partial charge in [0.05, 0.1) is 7.11 Å². The Kier molecular flexibility index (Phi) is 6.72. The topological polar surface area (TPSA) is 41.6 Å². The van der Waals surface area contributed by atoms with E-state index in [4.69, 9.17) is 4.74 Å². The molecule has 3 rings (SSSR count). The summed E-state index contributed by atoms with van der Waals surface area (Å²) >= 11 is 0. The lowest BCUT2D eigenvalue weighted by Crippen LogP contribution is -2.32. The number of carbonyl (C=O) groups is 1. The van der Waals surface area contributed by atoms with Crippen molar-refractivity contribution >= 4 is 18.3 Å². The van der Waals surface area contributed by atoms with Gasteiger partial charge in [-0.05, 0) is 55.8 Å². The Hall–Kier alpha value is -1.26. The molecular weight excluding hydrogens is 312 g/mol. The molecule has 0 saturated carbocycles. The normalized spacial score (nSPS) is 23.6. The second-order valence-electron chi connectivity index (χ2n) is 6.45. The number of para-hydroxylation sites is 1. The van der Waals surface area contributed by atoms with Gasteiger partial charge in [-0.1, -0.05) is 18.2 Å². The minimum Gasteiger partial charge on any atom is -0.496 e. The van der Waals surface area contributed by atoms with E-state index in [1.807, 2.05) is 24.3 Å². The van der Waals surface area contributed by atoms with Crippen molar-refractivity contribution < 1.29 is 9.53 Å². The molecule has 0 unspecified atom stereocenters. The zero-order chi connectivity index (χ0) is 15.4. The van der Waals surface area contributed by atoms with Crippen LogP contribution in [0.5, 0.6) is 5.75 Å². The van der Waals surface area contributed by atoms with E-state index in [1.165, 1.54) is 0 Å². The SMILES string of the molecule is COc1ccccc1CCC(=O)N1CC[C@@H]2CNC[C@@H]2CC1.Cl. The van der Waals surface area contributed by atoms with E-state index in [1.54, 1.807) is 7.11 Å². The van der Waals surface area contributed by atoms with Crippen molar-refractivity contribution in [3.63, 3.8) is 0 Å². The van der Waals surface area contributed by atoms with Crippen LogP contribution in [-0.4, -0.2) is 44.1 Å². The molecule has 0 radical (unpaired) electrons. The molecule has 1 aromatic rings. The van der Waals surface area contributed by atoms with Crippen molar-refractivity contribution in [1.82, 2.24) is 10.2 Å². The van der Waals surface area contributed by atoms with Crippen LogP contribution in [-0.2, 0) is 11.2 Å². The molecule has 0 spiro atoms. The molecule has 2 atom stereocenters. The summed E-state index contributed by atoms with van der Waals surface area (Å²) in [5.41, 5.74) is 1.12. The van der Waals surface area contributed by atoms with Crippen molar-refractivity contribution in [2.75, 3.05) is 33.3 Å². The van der Waals surface area contributed by atoms with E-state index in [-0.39, 0.29) is 12.4 Å². The Morgan fingerprint density at radius 2 is 1.87 bits per heavy atom. The Morgan fingerprint density at radius 1 is 1.22 bits per heavy atom. The summed E-state index contributed by atoms with van der Waals surface area (Å²) in [5, 5.41) is 3.48. The molecule has 0 aliphatic carbocycles. The van der Waals surface area contributed by atoms with Gasteiger partial charge in [0.25, 0.3) is 0 Å². The lowest BCUT2D eigenvalue weighted by Gasteiger charge is -2.21. The summed E-state index contributed by atoms with van der Waals surface area (Å²) < 4.78 is 5.36. The molecule has 2 heterocycles. The molecule has 128 valence electrons. The van der Waals surface area contributed by atoms with Crippen LogP contribution in [0.15, 0.2) is 24.3 Å². The average Bonchev–Trinajstić information content (AvgIpc) is 2.91. The third kappa shape index (κ3) is 4.39. The van der Waals surface area contributed by atoms with E-state index >= 15 is 0 Å². The number of likely N-dealkylation sites (tertiary alicyclic amines) is 1. The summed E-state index contributed by atoms with van der Waals surface area (Å²) in [6.07, 6.45) is 3.64. The fourth-order valence-electron chi connectivity index (χ4n) is 3.78. The number of hydrogen-bond acceptors (Lipinski definition) is 3. The predicted molar refractivity (Wildman–Crippen MR) is 94.2 cm³/mol. The first-order chi connectivity index (χ1) is 10.8. The summed E-state index contributed by atoms with van der Waals surface area (Å²) in [5.74, 6) is 2.71. The lowest BCUT2D eigenvalue weighted by atomic mass is 9.92. The highest BCUT2D eigenvalue weighted by Gasteiger charge is 2.31. The zero-order valence-corrected chi connectivity index (χ0v) is 14.6. The third-order valence-electron chi connectivity index (χ3n) is 5.17. The Bertz CT molecular complexity index is 509.